The Kier molecular flexibility index (Phi) is 4.50. The Balaban J connectivity index is 1.70. The SMILES string of the molecule is Cc1nc(CNC(=O)CC2CCCNC2)cs1. The van der Waals surface area contributed by atoms with Crippen molar-refractivity contribution in [2.75, 3.05) is 13.1 Å². The maximum atomic E-state index is 11.7. The fourth-order valence-corrected chi connectivity index (χ4v) is 2.72. The van der Waals surface area contributed by atoms with Gasteiger partial charge in [-0.3, -0.25) is 4.79 Å². The second-order valence-corrected chi connectivity index (χ2v) is 5.61. The van der Waals surface area contributed by atoms with Gasteiger partial charge in [0.05, 0.1) is 17.2 Å². The Morgan fingerprint density at radius 2 is 2.59 bits per heavy atom. The number of nitrogens with one attached hydrogen (secondary N) is 2. The quantitative estimate of drug-likeness (QED) is 0.854. The van der Waals surface area contributed by atoms with Crippen LogP contribution in [0.3, 0.4) is 0 Å². The first-order valence-electron chi connectivity index (χ1n) is 6.12. The smallest absolute Gasteiger partial charge is 0.220 e. The molecule has 0 saturated carbocycles. The molecule has 0 aliphatic carbocycles. The molecule has 0 bridgehead atoms. The normalized spacial score (nSPS) is 20.2. The van der Waals surface area contributed by atoms with Crippen LogP contribution < -0.4 is 10.6 Å². The van der Waals surface area contributed by atoms with E-state index in [1.165, 1.54) is 6.42 Å². The second kappa shape index (κ2) is 6.12. The maximum absolute atomic E-state index is 11.7. The zero-order valence-corrected chi connectivity index (χ0v) is 11.0. The van der Waals surface area contributed by atoms with Gasteiger partial charge in [0, 0.05) is 11.8 Å². The summed E-state index contributed by atoms with van der Waals surface area (Å²) in [5.41, 5.74) is 0.961. The predicted molar refractivity (Wildman–Crippen MR) is 68.9 cm³/mol. The molecule has 1 aromatic rings. The zero-order chi connectivity index (χ0) is 12.1. The van der Waals surface area contributed by atoms with E-state index in [0.29, 0.717) is 18.9 Å². The first-order chi connectivity index (χ1) is 8.24. The van der Waals surface area contributed by atoms with Crippen LogP contribution in [-0.2, 0) is 11.3 Å². The molecule has 1 unspecified atom stereocenters. The van der Waals surface area contributed by atoms with Crippen LogP contribution in [0.2, 0.25) is 0 Å². The minimum Gasteiger partial charge on any atom is -0.350 e. The molecule has 1 saturated heterocycles. The Bertz CT molecular complexity index is 372. The summed E-state index contributed by atoms with van der Waals surface area (Å²) in [6.45, 7) is 4.60. The van der Waals surface area contributed by atoms with Gasteiger partial charge >= 0.3 is 0 Å². The number of piperidine rings is 1. The van der Waals surface area contributed by atoms with Gasteiger partial charge in [-0.05, 0) is 38.8 Å². The number of hydrogen-bond acceptors (Lipinski definition) is 4. The van der Waals surface area contributed by atoms with E-state index < -0.39 is 0 Å². The minimum absolute atomic E-state index is 0.143. The Hall–Kier alpha value is -0.940. The summed E-state index contributed by atoms with van der Waals surface area (Å²) >= 11 is 1.62. The number of carbonyl (C=O) groups excluding carboxylic acids is 1. The van der Waals surface area contributed by atoms with Gasteiger partial charge in [-0.2, -0.15) is 0 Å². The third kappa shape index (κ3) is 4.09. The largest absolute Gasteiger partial charge is 0.350 e. The van der Waals surface area contributed by atoms with Crippen LogP contribution >= 0.6 is 11.3 Å². The molecule has 1 atom stereocenters. The van der Waals surface area contributed by atoms with Gasteiger partial charge in [0.15, 0.2) is 0 Å². The monoisotopic (exact) mass is 253 g/mol. The molecule has 17 heavy (non-hydrogen) atoms. The molecular weight excluding hydrogens is 234 g/mol. The first kappa shape index (κ1) is 12.5. The number of amides is 1. The number of carbonyl (C=O) groups is 1. The zero-order valence-electron chi connectivity index (χ0n) is 10.2. The van der Waals surface area contributed by atoms with E-state index in [0.717, 1.165) is 30.2 Å². The first-order valence-corrected chi connectivity index (χ1v) is 7.00. The Morgan fingerprint density at radius 3 is 3.24 bits per heavy atom. The van der Waals surface area contributed by atoms with E-state index in [1.54, 1.807) is 11.3 Å². The van der Waals surface area contributed by atoms with Crippen molar-refractivity contribution in [1.82, 2.24) is 15.6 Å². The highest BCUT2D eigenvalue weighted by Crippen LogP contribution is 2.14. The van der Waals surface area contributed by atoms with Crippen LogP contribution in [0.4, 0.5) is 0 Å². The molecule has 4 nitrogen and oxygen atoms in total. The van der Waals surface area contributed by atoms with Crippen molar-refractivity contribution in [1.29, 1.82) is 0 Å². The molecule has 2 rings (SSSR count). The molecule has 1 aliphatic heterocycles. The standard InChI is InChI=1S/C12H19N3OS/c1-9-15-11(8-17-9)7-14-12(16)5-10-3-2-4-13-6-10/h8,10,13H,2-7H2,1H3,(H,14,16). The molecule has 0 aromatic carbocycles. The van der Waals surface area contributed by atoms with Gasteiger partial charge in [0.25, 0.3) is 0 Å². The van der Waals surface area contributed by atoms with Crippen LogP contribution in [0.25, 0.3) is 0 Å². The fourth-order valence-electron chi connectivity index (χ4n) is 2.11. The molecule has 1 aromatic heterocycles. The summed E-state index contributed by atoms with van der Waals surface area (Å²) < 4.78 is 0. The highest BCUT2D eigenvalue weighted by atomic mass is 32.1. The molecule has 94 valence electrons. The average molecular weight is 253 g/mol. The van der Waals surface area contributed by atoms with Crippen molar-refractivity contribution in [2.24, 2.45) is 5.92 Å². The van der Waals surface area contributed by atoms with E-state index in [1.807, 2.05) is 12.3 Å². The third-order valence-corrected chi connectivity index (χ3v) is 3.83. The molecule has 0 radical (unpaired) electrons. The molecule has 2 N–H and O–H groups in total. The third-order valence-electron chi connectivity index (χ3n) is 3.01. The molecule has 2 heterocycles. The van der Waals surface area contributed by atoms with Gasteiger partial charge in [-0.1, -0.05) is 0 Å². The van der Waals surface area contributed by atoms with Gasteiger partial charge in [-0.25, -0.2) is 4.98 Å². The molecule has 1 fully saturated rings. The summed E-state index contributed by atoms with van der Waals surface area (Å²) in [5.74, 6) is 0.644. The number of rotatable bonds is 4. The van der Waals surface area contributed by atoms with Crippen molar-refractivity contribution >= 4 is 17.2 Å². The predicted octanol–water partition coefficient (Wildman–Crippen LogP) is 1.46. The van der Waals surface area contributed by atoms with Gasteiger partial charge in [0.2, 0.25) is 5.91 Å². The lowest BCUT2D eigenvalue weighted by molar-refractivity contribution is -0.122. The van der Waals surface area contributed by atoms with Crippen molar-refractivity contribution in [3.8, 4) is 0 Å². The molecule has 1 amide bonds. The number of hydrogen-bond donors (Lipinski definition) is 2. The van der Waals surface area contributed by atoms with Crippen molar-refractivity contribution < 1.29 is 4.79 Å². The Morgan fingerprint density at radius 1 is 1.71 bits per heavy atom. The highest BCUT2D eigenvalue weighted by Gasteiger charge is 2.16. The van der Waals surface area contributed by atoms with Crippen molar-refractivity contribution in [3.63, 3.8) is 0 Å². The summed E-state index contributed by atoms with van der Waals surface area (Å²) in [7, 11) is 0. The topological polar surface area (TPSA) is 54.0 Å². The van der Waals surface area contributed by atoms with Gasteiger partial charge in [0.1, 0.15) is 0 Å². The summed E-state index contributed by atoms with van der Waals surface area (Å²) in [4.78, 5) is 16.0. The van der Waals surface area contributed by atoms with Gasteiger partial charge in [-0.15, -0.1) is 11.3 Å². The maximum Gasteiger partial charge on any atom is 0.220 e. The fraction of sp³-hybridized carbons (Fsp3) is 0.667. The van der Waals surface area contributed by atoms with Crippen molar-refractivity contribution in [3.05, 3.63) is 16.1 Å². The molecule has 5 heteroatoms. The van der Waals surface area contributed by atoms with Crippen LogP contribution in [0, 0.1) is 12.8 Å². The lowest BCUT2D eigenvalue weighted by Gasteiger charge is -2.21. The summed E-state index contributed by atoms with van der Waals surface area (Å²) in [5, 5.41) is 9.31. The lowest BCUT2D eigenvalue weighted by Crippen LogP contribution is -2.34. The van der Waals surface area contributed by atoms with Crippen LogP contribution in [0.1, 0.15) is 30.0 Å². The Labute approximate surface area is 106 Å². The number of aryl methyl sites for hydroxylation is 1. The van der Waals surface area contributed by atoms with E-state index in [9.17, 15) is 4.79 Å². The number of thiazole rings is 1. The lowest BCUT2D eigenvalue weighted by atomic mass is 9.96. The minimum atomic E-state index is 0.143. The number of aromatic nitrogens is 1. The van der Waals surface area contributed by atoms with E-state index in [-0.39, 0.29) is 5.91 Å². The van der Waals surface area contributed by atoms with E-state index in [4.69, 9.17) is 0 Å². The molecule has 1 aliphatic rings. The highest BCUT2D eigenvalue weighted by molar-refractivity contribution is 7.09. The van der Waals surface area contributed by atoms with Crippen molar-refractivity contribution in [2.45, 2.75) is 32.7 Å². The van der Waals surface area contributed by atoms with Crippen LogP contribution in [0.5, 0.6) is 0 Å². The van der Waals surface area contributed by atoms with Gasteiger partial charge < -0.3 is 10.6 Å². The average Bonchev–Trinajstić information content (AvgIpc) is 2.74. The summed E-state index contributed by atoms with van der Waals surface area (Å²) in [6, 6.07) is 0. The summed E-state index contributed by atoms with van der Waals surface area (Å²) in [6.07, 6.45) is 2.98. The van der Waals surface area contributed by atoms with E-state index >= 15 is 0 Å². The molecule has 0 spiro atoms. The van der Waals surface area contributed by atoms with Crippen LogP contribution in [0.15, 0.2) is 5.38 Å². The van der Waals surface area contributed by atoms with E-state index in [2.05, 4.69) is 15.6 Å². The number of nitrogens with zero attached hydrogens (tertiary/aromatic N) is 1. The second-order valence-electron chi connectivity index (χ2n) is 4.55. The van der Waals surface area contributed by atoms with Crippen LogP contribution in [-0.4, -0.2) is 24.0 Å². The molecular formula is C12H19N3OS.